The van der Waals surface area contributed by atoms with Crippen molar-refractivity contribution in [3.8, 4) is 0 Å². The van der Waals surface area contributed by atoms with E-state index in [1.54, 1.807) is 0 Å². The average molecular weight is 223 g/mol. The predicted molar refractivity (Wildman–Crippen MR) is 65.0 cm³/mol. The van der Waals surface area contributed by atoms with Crippen molar-refractivity contribution >= 4 is 11.8 Å². The van der Waals surface area contributed by atoms with E-state index in [-0.39, 0.29) is 6.61 Å². The van der Waals surface area contributed by atoms with E-state index in [2.05, 4.69) is 29.6 Å². The highest BCUT2D eigenvalue weighted by molar-refractivity contribution is 8.00. The molecule has 1 aromatic carbocycles. The third-order valence-corrected chi connectivity index (χ3v) is 3.96. The summed E-state index contributed by atoms with van der Waals surface area (Å²) in [6.07, 6.45) is 1.95. The second-order valence-electron chi connectivity index (χ2n) is 3.89. The first-order chi connectivity index (χ1) is 7.38. The Labute approximate surface area is 95.1 Å². The Morgan fingerprint density at radius 3 is 2.87 bits per heavy atom. The minimum absolute atomic E-state index is 0.288. The van der Waals surface area contributed by atoms with Gasteiger partial charge in [0.05, 0.1) is 5.37 Å². The van der Waals surface area contributed by atoms with Crippen LogP contribution in [0.2, 0.25) is 0 Å². The van der Waals surface area contributed by atoms with Crippen LogP contribution < -0.4 is 5.32 Å². The number of hydrogen-bond acceptors (Lipinski definition) is 3. The zero-order valence-corrected chi connectivity index (χ0v) is 9.54. The zero-order valence-electron chi connectivity index (χ0n) is 8.73. The van der Waals surface area contributed by atoms with Crippen molar-refractivity contribution in [2.24, 2.45) is 0 Å². The average Bonchev–Trinajstić information content (AvgIpc) is 2.68. The van der Waals surface area contributed by atoms with Crippen molar-refractivity contribution in [2.75, 3.05) is 12.4 Å². The van der Waals surface area contributed by atoms with Crippen molar-refractivity contribution in [3.63, 3.8) is 0 Å². The number of benzene rings is 1. The van der Waals surface area contributed by atoms with Gasteiger partial charge >= 0.3 is 0 Å². The molecule has 2 rings (SSSR count). The molecule has 15 heavy (non-hydrogen) atoms. The lowest BCUT2D eigenvalue weighted by molar-refractivity contribution is 0.271. The topological polar surface area (TPSA) is 32.3 Å². The van der Waals surface area contributed by atoms with Gasteiger partial charge in [-0.25, -0.2) is 0 Å². The normalized spacial score (nSPS) is 25.7. The van der Waals surface area contributed by atoms with Crippen molar-refractivity contribution in [1.82, 2.24) is 5.32 Å². The quantitative estimate of drug-likeness (QED) is 0.814. The molecule has 1 aliphatic heterocycles. The summed E-state index contributed by atoms with van der Waals surface area (Å²) in [5, 5.41) is 12.9. The first-order valence-electron chi connectivity index (χ1n) is 5.41. The molecular formula is C12H17NOS. The van der Waals surface area contributed by atoms with Gasteiger partial charge in [0.2, 0.25) is 0 Å². The van der Waals surface area contributed by atoms with Gasteiger partial charge in [-0.05, 0) is 18.4 Å². The van der Waals surface area contributed by atoms with Crippen LogP contribution in [0.4, 0.5) is 0 Å². The lowest BCUT2D eigenvalue weighted by Crippen LogP contribution is -2.31. The van der Waals surface area contributed by atoms with Gasteiger partial charge in [0, 0.05) is 18.4 Å². The van der Waals surface area contributed by atoms with E-state index < -0.39 is 0 Å². The zero-order chi connectivity index (χ0) is 10.5. The van der Waals surface area contributed by atoms with Crippen LogP contribution in [0, 0.1) is 0 Å². The van der Waals surface area contributed by atoms with Crippen LogP contribution in [0.3, 0.4) is 0 Å². The number of hydrogen-bond donors (Lipinski definition) is 2. The summed E-state index contributed by atoms with van der Waals surface area (Å²) in [6, 6.07) is 11.0. The van der Waals surface area contributed by atoms with Crippen LogP contribution in [0.1, 0.15) is 12.0 Å². The van der Waals surface area contributed by atoms with E-state index in [4.69, 9.17) is 5.11 Å². The van der Waals surface area contributed by atoms with E-state index in [1.165, 1.54) is 5.56 Å². The maximum Gasteiger partial charge on any atom is 0.0575 e. The van der Waals surface area contributed by atoms with E-state index in [1.807, 2.05) is 17.8 Å². The molecule has 0 radical (unpaired) electrons. The molecule has 2 unspecified atom stereocenters. The summed E-state index contributed by atoms with van der Waals surface area (Å²) in [4.78, 5) is 0. The fourth-order valence-corrected chi connectivity index (χ4v) is 3.19. The summed E-state index contributed by atoms with van der Waals surface area (Å²) in [7, 11) is 0. The molecule has 1 fully saturated rings. The van der Waals surface area contributed by atoms with Gasteiger partial charge in [-0.2, -0.15) is 0 Å². The number of aliphatic hydroxyl groups is 1. The number of nitrogens with one attached hydrogen (secondary N) is 1. The predicted octanol–water partition coefficient (Wildman–Crippen LogP) is 1.64. The summed E-state index contributed by atoms with van der Waals surface area (Å²) in [6.45, 7) is 0.288. The standard InChI is InChI=1S/C12H17NOS/c14-7-6-11-9-15-12(13-11)8-10-4-2-1-3-5-10/h1-5,11-14H,6-9H2. The minimum Gasteiger partial charge on any atom is -0.396 e. The van der Waals surface area contributed by atoms with Gasteiger partial charge in [0.1, 0.15) is 0 Å². The van der Waals surface area contributed by atoms with Gasteiger partial charge in [0.25, 0.3) is 0 Å². The number of rotatable bonds is 4. The highest BCUT2D eigenvalue weighted by Gasteiger charge is 2.23. The van der Waals surface area contributed by atoms with Crippen LogP contribution in [0.15, 0.2) is 30.3 Å². The van der Waals surface area contributed by atoms with Gasteiger partial charge in [-0.1, -0.05) is 30.3 Å². The first kappa shape index (κ1) is 11.0. The van der Waals surface area contributed by atoms with Gasteiger partial charge in [0.15, 0.2) is 0 Å². The lowest BCUT2D eigenvalue weighted by Gasteiger charge is -2.12. The van der Waals surface area contributed by atoms with Crippen molar-refractivity contribution < 1.29 is 5.11 Å². The second-order valence-corrected chi connectivity index (χ2v) is 5.12. The van der Waals surface area contributed by atoms with Crippen LogP contribution in [0.25, 0.3) is 0 Å². The fraction of sp³-hybridized carbons (Fsp3) is 0.500. The molecule has 0 aromatic heterocycles. The summed E-state index contributed by atoms with van der Waals surface area (Å²) in [5.41, 5.74) is 1.38. The highest BCUT2D eigenvalue weighted by Crippen LogP contribution is 2.23. The SMILES string of the molecule is OCCC1CSC(Cc2ccccc2)N1. The Morgan fingerprint density at radius 2 is 2.13 bits per heavy atom. The Balaban J connectivity index is 1.82. The molecule has 3 heteroatoms. The molecule has 0 bridgehead atoms. The van der Waals surface area contributed by atoms with Crippen molar-refractivity contribution in [3.05, 3.63) is 35.9 Å². The number of aliphatic hydroxyl groups excluding tert-OH is 1. The molecule has 0 spiro atoms. The third-order valence-electron chi connectivity index (χ3n) is 2.66. The lowest BCUT2D eigenvalue weighted by atomic mass is 10.1. The molecule has 1 aliphatic rings. The molecule has 2 nitrogen and oxygen atoms in total. The van der Waals surface area contributed by atoms with Crippen LogP contribution in [-0.2, 0) is 6.42 Å². The van der Waals surface area contributed by atoms with Gasteiger partial charge < -0.3 is 10.4 Å². The maximum absolute atomic E-state index is 8.85. The fourth-order valence-electron chi connectivity index (χ4n) is 1.86. The monoisotopic (exact) mass is 223 g/mol. The molecule has 1 heterocycles. The van der Waals surface area contributed by atoms with Crippen molar-refractivity contribution in [2.45, 2.75) is 24.3 Å². The van der Waals surface area contributed by atoms with E-state index in [0.717, 1.165) is 18.6 Å². The molecule has 2 atom stereocenters. The van der Waals surface area contributed by atoms with Crippen LogP contribution in [-0.4, -0.2) is 28.9 Å². The summed E-state index contributed by atoms with van der Waals surface area (Å²) in [5.74, 6) is 1.12. The Kier molecular flexibility index (Phi) is 4.06. The molecule has 2 N–H and O–H groups in total. The maximum atomic E-state index is 8.85. The number of thioether (sulfide) groups is 1. The van der Waals surface area contributed by atoms with E-state index in [9.17, 15) is 0 Å². The Morgan fingerprint density at radius 1 is 1.33 bits per heavy atom. The molecule has 0 saturated carbocycles. The Hall–Kier alpha value is -0.510. The largest absolute Gasteiger partial charge is 0.396 e. The summed E-state index contributed by atoms with van der Waals surface area (Å²) >= 11 is 1.96. The third kappa shape index (κ3) is 3.23. The van der Waals surface area contributed by atoms with Gasteiger partial charge in [-0.15, -0.1) is 11.8 Å². The van der Waals surface area contributed by atoms with E-state index >= 15 is 0 Å². The molecular weight excluding hydrogens is 206 g/mol. The molecule has 0 aliphatic carbocycles. The minimum atomic E-state index is 0.288. The Bertz CT molecular complexity index is 291. The first-order valence-corrected chi connectivity index (χ1v) is 6.46. The van der Waals surface area contributed by atoms with Gasteiger partial charge in [-0.3, -0.25) is 0 Å². The molecule has 1 saturated heterocycles. The summed E-state index contributed by atoms with van der Waals surface area (Å²) < 4.78 is 0. The molecule has 0 amide bonds. The highest BCUT2D eigenvalue weighted by atomic mass is 32.2. The second kappa shape index (κ2) is 5.54. The van der Waals surface area contributed by atoms with Crippen LogP contribution >= 0.6 is 11.8 Å². The smallest absolute Gasteiger partial charge is 0.0575 e. The van der Waals surface area contributed by atoms with Crippen molar-refractivity contribution in [1.29, 1.82) is 0 Å². The van der Waals surface area contributed by atoms with E-state index in [0.29, 0.717) is 11.4 Å². The van der Waals surface area contributed by atoms with Crippen LogP contribution in [0.5, 0.6) is 0 Å². The molecule has 1 aromatic rings. The molecule has 82 valence electrons.